The topological polar surface area (TPSA) is 103 Å². The summed E-state index contributed by atoms with van der Waals surface area (Å²) in [7, 11) is 3.28. The number of ketones is 1. The van der Waals surface area contributed by atoms with Crippen molar-refractivity contribution in [3.05, 3.63) is 87.1 Å². The van der Waals surface area contributed by atoms with E-state index in [0.29, 0.717) is 28.4 Å². The number of non-ortho nitro benzene ring substituents is 1. The van der Waals surface area contributed by atoms with E-state index in [-0.39, 0.29) is 29.0 Å². The minimum Gasteiger partial charge on any atom is -0.484 e. The number of nitrogens with zero attached hydrogens (tertiary/aromatic N) is 2. The molecule has 164 valence electrons. The van der Waals surface area contributed by atoms with Gasteiger partial charge in [0.15, 0.2) is 12.4 Å². The Hall–Kier alpha value is -3.91. The van der Waals surface area contributed by atoms with Gasteiger partial charge in [0.05, 0.1) is 9.95 Å². The van der Waals surface area contributed by atoms with Crippen LogP contribution in [0.5, 0.6) is 5.75 Å². The molecule has 0 atom stereocenters. The third-order valence-corrected chi connectivity index (χ3v) is 4.77. The summed E-state index contributed by atoms with van der Waals surface area (Å²) >= 11 is 6.12. The molecule has 1 heterocycles. The van der Waals surface area contributed by atoms with Gasteiger partial charge >= 0.3 is 0 Å². The van der Waals surface area contributed by atoms with Crippen LogP contribution in [0.3, 0.4) is 0 Å². The van der Waals surface area contributed by atoms with Gasteiger partial charge in [-0.2, -0.15) is 0 Å². The number of carbonyl (C=O) groups excluding carboxylic acids is 2. The average molecular weight is 455 g/mol. The molecular weight excluding hydrogens is 436 g/mol. The number of rotatable bonds is 8. The van der Waals surface area contributed by atoms with Gasteiger partial charge in [-0.3, -0.25) is 19.7 Å². The van der Waals surface area contributed by atoms with Crippen molar-refractivity contribution in [3.8, 4) is 17.1 Å². The molecule has 0 bridgehead atoms. The maximum absolute atomic E-state index is 12.4. The van der Waals surface area contributed by atoms with Gasteiger partial charge in [-0.05, 0) is 54.6 Å². The quantitative estimate of drug-likeness (QED) is 0.208. The molecule has 32 heavy (non-hydrogen) atoms. The summed E-state index contributed by atoms with van der Waals surface area (Å²) in [5, 5.41) is 11.0. The Bertz CT molecular complexity index is 1180. The van der Waals surface area contributed by atoms with Crippen molar-refractivity contribution in [2.24, 2.45) is 0 Å². The molecule has 1 amide bonds. The average Bonchev–Trinajstić information content (AvgIpc) is 3.24. The van der Waals surface area contributed by atoms with Crippen LogP contribution >= 0.6 is 11.6 Å². The molecule has 0 radical (unpaired) electrons. The number of ether oxygens (including phenoxy) is 1. The summed E-state index contributed by atoms with van der Waals surface area (Å²) in [5.41, 5.74) is 0.834. The Kier molecular flexibility index (Phi) is 7.07. The first-order valence-corrected chi connectivity index (χ1v) is 9.82. The fraction of sp³-hybridized carbons (Fsp3) is 0.130. The van der Waals surface area contributed by atoms with Gasteiger partial charge in [-0.15, -0.1) is 0 Å². The first kappa shape index (κ1) is 22.8. The maximum atomic E-state index is 12.4. The van der Waals surface area contributed by atoms with Crippen LogP contribution in [-0.4, -0.2) is 42.2 Å². The molecule has 0 saturated carbocycles. The van der Waals surface area contributed by atoms with Crippen molar-refractivity contribution in [1.29, 1.82) is 0 Å². The maximum Gasteiger partial charge on any atom is 0.270 e. The number of benzene rings is 2. The summed E-state index contributed by atoms with van der Waals surface area (Å²) in [5.74, 6) is 0.917. The van der Waals surface area contributed by atoms with Crippen LogP contribution in [-0.2, 0) is 4.79 Å². The van der Waals surface area contributed by atoms with E-state index in [4.69, 9.17) is 20.8 Å². The Morgan fingerprint density at radius 2 is 1.84 bits per heavy atom. The summed E-state index contributed by atoms with van der Waals surface area (Å²) in [6.07, 6.45) is 2.89. The first-order valence-electron chi connectivity index (χ1n) is 9.44. The zero-order valence-electron chi connectivity index (χ0n) is 17.3. The van der Waals surface area contributed by atoms with E-state index < -0.39 is 4.92 Å². The molecule has 3 aromatic rings. The molecule has 0 saturated heterocycles. The highest BCUT2D eigenvalue weighted by Crippen LogP contribution is 2.32. The van der Waals surface area contributed by atoms with E-state index in [9.17, 15) is 19.7 Å². The summed E-state index contributed by atoms with van der Waals surface area (Å²) in [6, 6.07) is 13.9. The van der Waals surface area contributed by atoms with Gasteiger partial charge in [-0.25, -0.2) is 0 Å². The second kappa shape index (κ2) is 9.93. The molecule has 9 heteroatoms. The van der Waals surface area contributed by atoms with Crippen LogP contribution < -0.4 is 4.74 Å². The molecule has 0 N–H and O–H groups in total. The molecule has 8 nitrogen and oxygen atoms in total. The van der Waals surface area contributed by atoms with Crippen molar-refractivity contribution in [1.82, 2.24) is 4.90 Å². The highest BCUT2D eigenvalue weighted by Gasteiger charge is 2.13. The predicted molar refractivity (Wildman–Crippen MR) is 120 cm³/mol. The number of nitro groups is 1. The minimum absolute atomic E-state index is 0.0835. The number of furan rings is 1. The van der Waals surface area contributed by atoms with Crippen LogP contribution in [0.1, 0.15) is 16.1 Å². The number of nitro benzene ring substituents is 1. The molecule has 0 aliphatic heterocycles. The van der Waals surface area contributed by atoms with Crippen LogP contribution in [0.15, 0.2) is 65.1 Å². The molecule has 3 rings (SSSR count). The van der Waals surface area contributed by atoms with Crippen molar-refractivity contribution >= 4 is 35.1 Å². The predicted octanol–water partition coefficient (Wildman–Crippen LogP) is 4.87. The third-order valence-electron chi connectivity index (χ3n) is 4.45. The molecule has 0 spiro atoms. The van der Waals surface area contributed by atoms with Gasteiger partial charge in [0.25, 0.3) is 11.6 Å². The Morgan fingerprint density at radius 3 is 2.47 bits per heavy atom. The van der Waals surface area contributed by atoms with E-state index in [2.05, 4.69) is 0 Å². The van der Waals surface area contributed by atoms with Gasteiger partial charge < -0.3 is 14.1 Å². The Morgan fingerprint density at radius 1 is 1.12 bits per heavy atom. The van der Waals surface area contributed by atoms with E-state index in [1.165, 1.54) is 35.3 Å². The number of allylic oxidation sites excluding steroid dienone is 1. The second-order valence-electron chi connectivity index (χ2n) is 6.92. The van der Waals surface area contributed by atoms with Gasteiger partial charge in [0.2, 0.25) is 0 Å². The van der Waals surface area contributed by atoms with Crippen LogP contribution in [0.25, 0.3) is 17.4 Å². The number of hydrogen-bond acceptors (Lipinski definition) is 6. The molecular formula is C23H19ClN2O6. The highest BCUT2D eigenvalue weighted by molar-refractivity contribution is 6.33. The summed E-state index contributed by atoms with van der Waals surface area (Å²) in [6.45, 7) is -0.0835. The zero-order chi connectivity index (χ0) is 23.3. The van der Waals surface area contributed by atoms with Crippen LogP contribution in [0.4, 0.5) is 5.69 Å². The standard InChI is InChI=1S/C23H19ClN2O6/c1-25(2)23(28)14-31-17-6-3-15(4-7-17)21(27)11-8-18-9-12-22(32-18)19-10-5-16(26(29)30)13-20(19)24/h3-13H,14H2,1-2H3/b11-8+. The minimum atomic E-state index is -0.528. The smallest absolute Gasteiger partial charge is 0.270 e. The monoisotopic (exact) mass is 454 g/mol. The van der Waals surface area contributed by atoms with E-state index in [1.54, 1.807) is 50.5 Å². The lowest BCUT2D eigenvalue weighted by Crippen LogP contribution is -2.27. The third kappa shape index (κ3) is 5.61. The number of halogens is 1. The molecule has 0 aliphatic rings. The molecule has 0 aliphatic carbocycles. The lowest BCUT2D eigenvalue weighted by atomic mass is 10.1. The zero-order valence-corrected chi connectivity index (χ0v) is 18.0. The lowest BCUT2D eigenvalue weighted by Gasteiger charge is -2.11. The SMILES string of the molecule is CN(C)C(=O)COc1ccc(C(=O)/C=C/c2ccc(-c3ccc([N+](=O)[O-])cc3Cl)o2)cc1. The number of likely N-dealkylation sites (N-methyl/N-ethyl adjacent to an activating group) is 1. The van der Waals surface area contributed by atoms with Gasteiger partial charge in [-0.1, -0.05) is 11.6 Å². The lowest BCUT2D eigenvalue weighted by molar-refractivity contribution is -0.384. The molecule has 0 unspecified atom stereocenters. The second-order valence-corrected chi connectivity index (χ2v) is 7.33. The van der Waals surface area contributed by atoms with Crippen molar-refractivity contribution in [3.63, 3.8) is 0 Å². The molecule has 1 aromatic heterocycles. The summed E-state index contributed by atoms with van der Waals surface area (Å²) < 4.78 is 11.1. The number of hydrogen-bond donors (Lipinski definition) is 0. The van der Waals surface area contributed by atoms with E-state index >= 15 is 0 Å². The molecule has 2 aromatic carbocycles. The summed E-state index contributed by atoms with van der Waals surface area (Å²) in [4.78, 5) is 35.7. The Balaban J connectivity index is 1.65. The highest BCUT2D eigenvalue weighted by atomic mass is 35.5. The fourth-order valence-corrected chi connectivity index (χ4v) is 2.92. The van der Waals surface area contributed by atoms with Crippen molar-refractivity contribution in [2.75, 3.05) is 20.7 Å². The van der Waals surface area contributed by atoms with Gasteiger partial charge in [0.1, 0.15) is 17.3 Å². The van der Waals surface area contributed by atoms with Crippen molar-refractivity contribution < 1.29 is 23.7 Å². The van der Waals surface area contributed by atoms with Crippen LogP contribution in [0, 0.1) is 10.1 Å². The van der Waals surface area contributed by atoms with Gasteiger partial charge in [0, 0.05) is 37.4 Å². The molecule has 0 fully saturated rings. The number of amides is 1. The fourth-order valence-electron chi connectivity index (χ4n) is 2.65. The van der Waals surface area contributed by atoms with E-state index in [1.807, 2.05) is 0 Å². The van der Waals surface area contributed by atoms with E-state index in [0.717, 1.165) is 0 Å². The van der Waals surface area contributed by atoms with Crippen LogP contribution in [0.2, 0.25) is 5.02 Å². The normalized spacial score (nSPS) is 10.8. The largest absolute Gasteiger partial charge is 0.484 e. The first-order chi connectivity index (χ1) is 15.2. The number of carbonyl (C=O) groups is 2. The Labute approximate surface area is 188 Å². The van der Waals surface area contributed by atoms with Crippen molar-refractivity contribution in [2.45, 2.75) is 0 Å².